The summed E-state index contributed by atoms with van der Waals surface area (Å²) in [6, 6.07) is 0. The van der Waals surface area contributed by atoms with E-state index in [9.17, 15) is 4.79 Å². The quantitative estimate of drug-likeness (QED) is 0.552. The molecule has 0 spiro atoms. The summed E-state index contributed by atoms with van der Waals surface area (Å²) < 4.78 is 5.29. The molecule has 2 heteroatoms. The Balaban J connectivity index is 2.00. The average Bonchev–Trinajstić information content (AvgIpc) is 2.89. The molecule has 0 radical (unpaired) electrons. The van der Waals surface area contributed by atoms with Crippen LogP contribution in [-0.2, 0) is 9.53 Å². The SMILES string of the molecule is C=CC(=O)OCC1C(C)C2CCCC2C1CC. The Morgan fingerprint density at radius 3 is 2.71 bits per heavy atom. The van der Waals surface area contributed by atoms with Crippen LogP contribution >= 0.6 is 0 Å². The van der Waals surface area contributed by atoms with Gasteiger partial charge in [-0.1, -0.05) is 33.3 Å². The van der Waals surface area contributed by atoms with Gasteiger partial charge >= 0.3 is 5.97 Å². The lowest BCUT2D eigenvalue weighted by atomic mass is 9.85. The van der Waals surface area contributed by atoms with Gasteiger partial charge in [-0.25, -0.2) is 4.79 Å². The zero-order valence-corrected chi connectivity index (χ0v) is 11.0. The minimum Gasteiger partial charge on any atom is -0.462 e. The predicted octanol–water partition coefficient (Wildman–Crippen LogP) is 3.42. The maximum absolute atomic E-state index is 11.2. The van der Waals surface area contributed by atoms with Gasteiger partial charge in [-0.2, -0.15) is 0 Å². The molecule has 2 aliphatic carbocycles. The van der Waals surface area contributed by atoms with Crippen molar-refractivity contribution in [3.63, 3.8) is 0 Å². The molecule has 0 bridgehead atoms. The summed E-state index contributed by atoms with van der Waals surface area (Å²) in [6.45, 7) is 8.67. The van der Waals surface area contributed by atoms with Crippen LogP contribution in [0.4, 0.5) is 0 Å². The molecule has 0 saturated heterocycles. The lowest BCUT2D eigenvalue weighted by Crippen LogP contribution is -2.23. The summed E-state index contributed by atoms with van der Waals surface area (Å²) >= 11 is 0. The van der Waals surface area contributed by atoms with Crippen LogP contribution in [-0.4, -0.2) is 12.6 Å². The molecule has 0 aromatic rings. The molecule has 0 heterocycles. The molecule has 0 N–H and O–H groups in total. The Morgan fingerprint density at radius 2 is 2.06 bits per heavy atom. The second-order valence-corrected chi connectivity index (χ2v) is 5.69. The lowest BCUT2D eigenvalue weighted by molar-refractivity contribution is -0.140. The van der Waals surface area contributed by atoms with Crippen LogP contribution in [0, 0.1) is 29.6 Å². The zero-order chi connectivity index (χ0) is 12.4. The van der Waals surface area contributed by atoms with Crippen molar-refractivity contribution >= 4 is 5.97 Å². The first-order valence-electron chi connectivity index (χ1n) is 6.98. The molecular formula is C15H24O2. The van der Waals surface area contributed by atoms with E-state index < -0.39 is 0 Å². The first-order valence-corrected chi connectivity index (χ1v) is 6.98. The molecule has 17 heavy (non-hydrogen) atoms. The second-order valence-electron chi connectivity index (χ2n) is 5.69. The fourth-order valence-corrected chi connectivity index (χ4v) is 4.34. The topological polar surface area (TPSA) is 26.3 Å². The van der Waals surface area contributed by atoms with Gasteiger partial charge in [0.15, 0.2) is 0 Å². The van der Waals surface area contributed by atoms with Gasteiger partial charge in [0.05, 0.1) is 6.61 Å². The van der Waals surface area contributed by atoms with E-state index in [4.69, 9.17) is 4.74 Å². The largest absolute Gasteiger partial charge is 0.462 e. The van der Waals surface area contributed by atoms with Gasteiger partial charge in [-0.05, 0) is 42.4 Å². The summed E-state index contributed by atoms with van der Waals surface area (Å²) in [5.41, 5.74) is 0. The van der Waals surface area contributed by atoms with Gasteiger partial charge in [0.25, 0.3) is 0 Å². The Kier molecular flexibility index (Phi) is 3.90. The molecule has 2 fully saturated rings. The van der Waals surface area contributed by atoms with Crippen molar-refractivity contribution in [2.24, 2.45) is 29.6 Å². The summed E-state index contributed by atoms with van der Waals surface area (Å²) in [6.07, 6.45) is 6.66. The van der Waals surface area contributed by atoms with Gasteiger partial charge < -0.3 is 4.74 Å². The predicted molar refractivity (Wildman–Crippen MR) is 68.4 cm³/mol. The van der Waals surface area contributed by atoms with Crippen LogP contribution in [0.5, 0.6) is 0 Å². The van der Waals surface area contributed by atoms with Crippen molar-refractivity contribution in [3.05, 3.63) is 12.7 Å². The van der Waals surface area contributed by atoms with E-state index in [0.29, 0.717) is 18.4 Å². The Morgan fingerprint density at radius 1 is 1.35 bits per heavy atom. The summed E-state index contributed by atoms with van der Waals surface area (Å²) in [5.74, 6) is 3.54. The van der Waals surface area contributed by atoms with E-state index in [0.717, 1.165) is 17.8 Å². The third-order valence-electron chi connectivity index (χ3n) is 5.13. The van der Waals surface area contributed by atoms with Crippen LogP contribution in [0.3, 0.4) is 0 Å². The van der Waals surface area contributed by atoms with Crippen LogP contribution in [0.15, 0.2) is 12.7 Å². The fourth-order valence-electron chi connectivity index (χ4n) is 4.34. The van der Waals surface area contributed by atoms with Gasteiger partial charge in [0.1, 0.15) is 0 Å². The number of hydrogen-bond donors (Lipinski definition) is 0. The molecule has 5 unspecified atom stereocenters. The van der Waals surface area contributed by atoms with Gasteiger partial charge in [-0.3, -0.25) is 0 Å². The fraction of sp³-hybridized carbons (Fsp3) is 0.800. The van der Waals surface area contributed by atoms with E-state index in [2.05, 4.69) is 20.4 Å². The van der Waals surface area contributed by atoms with Gasteiger partial charge in [-0.15, -0.1) is 0 Å². The molecule has 0 aromatic heterocycles. The van der Waals surface area contributed by atoms with Crippen molar-refractivity contribution in [3.8, 4) is 0 Å². The molecule has 96 valence electrons. The van der Waals surface area contributed by atoms with Crippen LogP contribution in [0.25, 0.3) is 0 Å². The maximum Gasteiger partial charge on any atom is 0.330 e. The molecule has 0 aromatic carbocycles. The van der Waals surface area contributed by atoms with E-state index in [-0.39, 0.29) is 5.97 Å². The summed E-state index contributed by atoms with van der Waals surface area (Å²) in [7, 11) is 0. The second kappa shape index (κ2) is 5.24. The molecule has 2 nitrogen and oxygen atoms in total. The zero-order valence-electron chi connectivity index (χ0n) is 11.0. The minimum atomic E-state index is -0.274. The Bertz CT molecular complexity index is 297. The average molecular weight is 236 g/mol. The van der Waals surface area contributed by atoms with Crippen LogP contribution in [0.2, 0.25) is 0 Å². The van der Waals surface area contributed by atoms with Crippen LogP contribution < -0.4 is 0 Å². The number of rotatable bonds is 4. The van der Waals surface area contributed by atoms with Crippen molar-refractivity contribution in [1.82, 2.24) is 0 Å². The third kappa shape index (κ3) is 2.27. The highest BCUT2D eigenvalue weighted by Gasteiger charge is 2.49. The van der Waals surface area contributed by atoms with Crippen LogP contribution in [0.1, 0.15) is 39.5 Å². The highest BCUT2D eigenvalue weighted by Crippen LogP contribution is 2.54. The number of hydrogen-bond acceptors (Lipinski definition) is 2. The maximum atomic E-state index is 11.2. The number of esters is 1. The minimum absolute atomic E-state index is 0.274. The standard InChI is InChI=1S/C15H24O2/c1-4-11-13-8-6-7-12(13)10(3)14(11)9-17-15(16)5-2/h5,10-14H,2,4,6-9H2,1,3H3. The molecule has 2 aliphatic rings. The smallest absolute Gasteiger partial charge is 0.330 e. The Hall–Kier alpha value is -0.790. The van der Waals surface area contributed by atoms with E-state index in [1.54, 1.807) is 0 Å². The van der Waals surface area contributed by atoms with Crippen molar-refractivity contribution < 1.29 is 9.53 Å². The van der Waals surface area contributed by atoms with Gasteiger partial charge in [0, 0.05) is 6.08 Å². The molecule has 2 saturated carbocycles. The van der Waals surface area contributed by atoms with E-state index in [1.807, 2.05) is 0 Å². The summed E-state index contributed by atoms with van der Waals surface area (Å²) in [5, 5.41) is 0. The first-order chi connectivity index (χ1) is 8.19. The van der Waals surface area contributed by atoms with E-state index in [1.165, 1.54) is 31.8 Å². The third-order valence-corrected chi connectivity index (χ3v) is 5.13. The van der Waals surface area contributed by atoms with Crippen molar-refractivity contribution in [2.75, 3.05) is 6.61 Å². The van der Waals surface area contributed by atoms with E-state index >= 15 is 0 Å². The highest BCUT2D eigenvalue weighted by atomic mass is 16.5. The highest BCUT2D eigenvalue weighted by molar-refractivity contribution is 5.81. The normalized spacial score (nSPS) is 40.0. The Labute approximate surface area is 104 Å². The number of fused-ring (bicyclic) bond motifs is 1. The molecule has 2 rings (SSSR count). The molecule has 5 atom stereocenters. The molecule has 0 aliphatic heterocycles. The van der Waals surface area contributed by atoms with Crippen molar-refractivity contribution in [2.45, 2.75) is 39.5 Å². The number of ether oxygens (including phenoxy) is 1. The van der Waals surface area contributed by atoms with Gasteiger partial charge in [0.2, 0.25) is 0 Å². The van der Waals surface area contributed by atoms with Crippen molar-refractivity contribution in [1.29, 1.82) is 0 Å². The summed E-state index contributed by atoms with van der Waals surface area (Å²) in [4.78, 5) is 11.2. The molecular weight excluding hydrogens is 212 g/mol. The first kappa shape index (κ1) is 12.7. The molecule has 0 amide bonds. The number of carbonyl (C=O) groups is 1. The monoisotopic (exact) mass is 236 g/mol. The number of carbonyl (C=O) groups excluding carboxylic acids is 1. The lowest BCUT2D eigenvalue weighted by Gasteiger charge is -2.24.